The molecule has 4 aromatic carbocycles. The molecule has 4 unspecified atom stereocenters. The number of aliphatic hydroxyl groups excluding tert-OH is 2. The summed E-state index contributed by atoms with van der Waals surface area (Å²) in [6.07, 6.45) is 2.48. The van der Waals surface area contributed by atoms with E-state index in [1.165, 1.54) is 0 Å². The number of pyridine rings is 2. The summed E-state index contributed by atoms with van der Waals surface area (Å²) in [7, 11) is 8.02. The number of halogens is 4. The van der Waals surface area contributed by atoms with Gasteiger partial charge in [0.25, 0.3) is 11.8 Å². The molecule has 6 aromatic rings. The Morgan fingerprint density at radius 3 is 1.29 bits per heavy atom. The molecule has 2 aromatic heterocycles. The van der Waals surface area contributed by atoms with Gasteiger partial charge in [-0.2, -0.15) is 0 Å². The molecule has 6 N–H and O–H groups in total. The molecule has 82 heavy (non-hydrogen) atoms. The Morgan fingerprint density at radius 1 is 0.573 bits per heavy atom. The average molecular weight is 1210 g/mol. The minimum Gasteiger partial charge on any atom is -0.492 e. The highest BCUT2D eigenvalue weighted by Crippen LogP contribution is 2.39. The molecule has 440 valence electrons. The van der Waals surface area contributed by atoms with Crippen molar-refractivity contribution in [2.45, 2.75) is 101 Å². The Balaban J connectivity index is 0.000000293. The SMILES string of the molecule is Cc1ccccc1-c1ccc(C(=O)NC2(C(=O)O)CCCC(O)C2)nc1-c1ccc(Cl)c(OCCCN(C)C)c1.Cc1ccccc1-c1ccc(C(=O)NC2(C(=O)O)CCCC(O)C2)nc1-c1ccc(Cl)c(OCCCN(C)C)c1.Cl.Cl. The van der Waals surface area contributed by atoms with Crippen molar-refractivity contribution in [1.29, 1.82) is 0 Å². The van der Waals surface area contributed by atoms with Gasteiger partial charge in [-0.25, -0.2) is 19.6 Å². The van der Waals surface area contributed by atoms with Crippen LogP contribution in [-0.2, 0) is 9.59 Å². The third kappa shape index (κ3) is 16.9. The first-order valence-corrected chi connectivity index (χ1v) is 27.7. The van der Waals surface area contributed by atoms with Gasteiger partial charge in [-0.3, -0.25) is 9.59 Å². The van der Waals surface area contributed by atoms with E-state index >= 15 is 0 Å². The van der Waals surface area contributed by atoms with Crippen molar-refractivity contribution in [1.82, 2.24) is 30.4 Å². The van der Waals surface area contributed by atoms with Gasteiger partial charge in [-0.05, 0) is 164 Å². The van der Waals surface area contributed by atoms with Crippen molar-refractivity contribution in [3.05, 3.63) is 142 Å². The van der Waals surface area contributed by atoms with Crippen LogP contribution in [0.2, 0.25) is 10.0 Å². The largest absolute Gasteiger partial charge is 0.492 e. The third-order valence-corrected chi connectivity index (χ3v) is 15.1. The van der Waals surface area contributed by atoms with Crippen LogP contribution < -0.4 is 20.1 Å². The average Bonchev–Trinajstić information content (AvgIpc) is 3.63. The summed E-state index contributed by atoms with van der Waals surface area (Å²) < 4.78 is 12.0. The number of hydrogen-bond acceptors (Lipinski definition) is 12. The number of aliphatic carboxylic acids is 2. The fourth-order valence-electron chi connectivity index (χ4n) is 10.2. The van der Waals surface area contributed by atoms with Crippen LogP contribution in [0.25, 0.3) is 44.8 Å². The Hall–Kier alpha value is -6.34. The summed E-state index contributed by atoms with van der Waals surface area (Å²) in [4.78, 5) is 64.9. The van der Waals surface area contributed by atoms with Gasteiger partial charge < -0.3 is 50.3 Å². The maximum atomic E-state index is 13.4. The highest BCUT2D eigenvalue weighted by atomic mass is 35.5. The van der Waals surface area contributed by atoms with Crippen LogP contribution in [0.3, 0.4) is 0 Å². The molecule has 0 aliphatic heterocycles. The number of aliphatic hydroxyl groups is 2. The number of rotatable bonds is 20. The van der Waals surface area contributed by atoms with Gasteiger partial charge in [0.05, 0.1) is 46.9 Å². The molecule has 2 saturated carbocycles. The first-order chi connectivity index (χ1) is 38.2. The molecule has 0 saturated heterocycles. The number of carboxylic acids is 2. The van der Waals surface area contributed by atoms with Gasteiger partial charge in [0.2, 0.25) is 0 Å². The van der Waals surface area contributed by atoms with E-state index in [1.54, 1.807) is 24.3 Å². The quantitative estimate of drug-likeness (QED) is 0.0391. The summed E-state index contributed by atoms with van der Waals surface area (Å²) in [5, 5.41) is 46.5. The van der Waals surface area contributed by atoms with Crippen LogP contribution in [-0.4, -0.2) is 142 Å². The molecule has 2 amide bonds. The highest BCUT2D eigenvalue weighted by Gasteiger charge is 2.45. The van der Waals surface area contributed by atoms with E-state index in [0.717, 1.165) is 59.3 Å². The van der Waals surface area contributed by atoms with Crippen molar-refractivity contribution in [3.63, 3.8) is 0 Å². The van der Waals surface area contributed by atoms with Crippen molar-refractivity contribution in [2.24, 2.45) is 0 Å². The van der Waals surface area contributed by atoms with Gasteiger partial charge in [-0.15, -0.1) is 24.8 Å². The molecule has 20 heteroatoms. The van der Waals surface area contributed by atoms with Crippen molar-refractivity contribution < 1.29 is 49.1 Å². The van der Waals surface area contributed by atoms with Crippen LogP contribution in [0.4, 0.5) is 0 Å². The lowest BCUT2D eigenvalue weighted by atomic mass is 9.80. The first-order valence-electron chi connectivity index (χ1n) is 27.0. The van der Waals surface area contributed by atoms with E-state index in [9.17, 15) is 39.6 Å². The van der Waals surface area contributed by atoms with Crippen LogP contribution >= 0.6 is 48.0 Å². The number of nitrogens with one attached hydrogen (secondary N) is 2. The number of aryl methyl sites for hydroxylation is 2. The normalized spacial score (nSPS) is 18.4. The molecule has 2 fully saturated rings. The monoisotopic (exact) mass is 1200 g/mol. The Bertz CT molecular complexity index is 2980. The number of hydrogen-bond donors (Lipinski definition) is 6. The molecule has 2 aliphatic carbocycles. The number of carbonyl (C=O) groups is 4. The van der Waals surface area contributed by atoms with Gasteiger partial charge in [0.1, 0.15) is 34.0 Å². The smallest absolute Gasteiger partial charge is 0.329 e. The summed E-state index contributed by atoms with van der Waals surface area (Å²) >= 11 is 12.9. The summed E-state index contributed by atoms with van der Waals surface area (Å²) in [6.45, 7) is 6.75. The lowest BCUT2D eigenvalue weighted by Gasteiger charge is -2.36. The van der Waals surface area contributed by atoms with E-state index in [0.29, 0.717) is 83.0 Å². The Labute approximate surface area is 502 Å². The van der Waals surface area contributed by atoms with Crippen molar-refractivity contribution in [2.75, 3.05) is 54.5 Å². The molecule has 16 nitrogen and oxygen atoms in total. The maximum absolute atomic E-state index is 13.4. The second kappa shape index (κ2) is 30.3. The number of benzene rings is 4. The van der Waals surface area contributed by atoms with E-state index < -0.39 is 47.0 Å². The summed E-state index contributed by atoms with van der Waals surface area (Å²) in [5.41, 5.74) is 5.21. The van der Waals surface area contributed by atoms with Crippen LogP contribution in [0.15, 0.2) is 109 Å². The molecule has 2 heterocycles. The van der Waals surface area contributed by atoms with Crippen molar-refractivity contribution in [3.8, 4) is 56.3 Å². The Morgan fingerprint density at radius 2 is 0.951 bits per heavy atom. The molecule has 2 aliphatic rings. The predicted molar refractivity (Wildman–Crippen MR) is 326 cm³/mol. The molecule has 4 atom stereocenters. The van der Waals surface area contributed by atoms with Gasteiger partial charge in [-0.1, -0.05) is 83.9 Å². The Kier molecular flexibility index (Phi) is 24.5. The highest BCUT2D eigenvalue weighted by molar-refractivity contribution is 6.32. The fourth-order valence-corrected chi connectivity index (χ4v) is 10.6. The minimum atomic E-state index is -1.54. The zero-order valence-corrected chi connectivity index (χ0v) is 50.2. The molecular weight excluding hydrogens is 1130 g/mol. The van der Waals surface area contributed by atoms with Crippen LogP contribution in [0.1, 0.15) is 96.3 Å². The van der Waals surface area contributed by atoms with Crippen molar-refractivity contribution >= 4 is 71.8 Å². The lowest BCUT2D eigenvalue weighted by molar-refractivity contribution is -0.148. The number of aromatic nitrogens is 2. The number of amides is 2. The maximum Gasteiger partial charge on any atom is 0.329 e. The molecular formula is C62H74Cl4N6O10. The van der Waals surface area contributed by atoms with E-state index in [1.807, 2.05) is 127 Å². The summed E-state index contributed by atoms with van der Waals surface area (Å²) in [6, 6.07) is 33.5. The number of carbonyl (C=O) groups excluding carboxylic acids is 2. The van der Waals surface area contributed by atoms with Crippen LogP contribution in [0, 0.1) is 13.8 Å². The summed E-state index contributed by atoms with van der Waals surface area (Å²) in [5.74, 6) is -2.50. The van der Waals surface area contributed by atoms with Gasteiger partial charge in [0.15, 0.2) is 0 Å². The molecule has 0 bridgehead atoms. The van der Waals surface area contributed by atoms with E-state index in [-0.39, 0.29) is 61.9 Å². The van der Waals surface area contributed by atoms with Crippen LogP contribution in [0.5, 0.6) is 11.5 Å². The standard InChI is InChI=1S/2C31H36ClN3O5.2ClH/c2*1-20-8-4-5-10-23(20)24-12-14-26(29(37)34-31(30(38)39)15-6-9-22(36)19-31)33-28(24)21-11-13-25(32)27(18-21)40-17-7-16-35(2)3;;/h2*4-5,8,10-14,18,22,36H,6-7,9,15-17,19H2,1-3H3,(H,34,37)(H,38,39);2*1H. The van der Waals surface area contributed by atoms with E-state index in [4.69, 9.17) is 42.6 Å². The zero-order valence-electron chi connectivity index (χ0n) is 47.0. The second-order valence-electron chi connectivity index (χ2n) is 21.3. The van der Waals surface area contributed by atoms with Gasteiger partial charge in [0, 0.05) is 48.2 Å². The fraction of sp³-hybridized carbons (Fsp3) is 0.387. The minimum absolute atomic E-state index is 0. The molecule has 0 spiro atoms. The third-order valence-electron chi connectivity index (χ3n) is 14.5. The topological polar surface area (TPSA) is 224 Å². The second-order valence-corrected chi connectivity index (χ2v) is 22.1. The van der Waals surface area contributed by atoms with E-state index in [2.05, 4.69) is 20.4 Å². The number of ether oxygens (including phenoxy) is 2. The van der Waals surface area contributed by atoms with Gasteiger partial charge >= 0.3 is 11.9 Å². The first kappa shape index (κ1) is 66.5. The zero-order chi connectivity index (χ0) is 57.7. The number of carboxylic acid groups (broad SMARTS) is 2. The molecule has 8 rings (SSSR count). The number of nitrogens with zero attached hydrogens (tertiary/aromatic N) is 4. The molecule has 0 radical (unpaired) electrons. The predicted octanol–water partition coefficient (Wildman–Crippen LogP) is 11.2. The lowest BCUT2D eigenvalue weighted by Crippen LogP contribution is -2.58.